The summed E-state index contributed by atoms with van der Waals surface area (Å²) in [4.78, 5) is 26.6. The number of likely N-dealkylation sites (tertiary alicyclic amines) is 1. The highest BCUT2D eigenvalue weighted by Crippen LogP contribution is 2.21. The van der Waals surface area contributed by atoms with E-state index in [0.717, 1.165) is 12.8 Å². The second kappa shape index (κ2) is 7.70. The predicted octanol–water partition coefficient (Wildman–Crippen LogP) is 1.84. The topological polar surface area (TPSA) is 75.4 Å². The molecule has 2 rings (SSSR count). The molecule has 0 radical (unpaired) electrons. The Hall–Kier alpha value is -2.02. The van der Waals surface area contributed by atoms with E-state index in [1.165, 1.54) is 0 Å². The molecule has 2 atom stereocenters. The predicted molar refractivity (Wildman–Crippen MR) is 86.4 cm³/mol. The van der Waals surface area contributed by atoms with Crippen LogP contribution in [-0.2, 0) is 9.59 Å². The van der Waals surface area contributed by atoms with Gasteiger partial charge in [-0.3, -0.25) is 9.59 Å². The lowest BCUT2D eigenvalue weighted by molar-refractivity contribution is -0.136. The number of hydrogen-bond acceptors (Lipinski definition) is 3. The second-order valence-corrected chi connectivity index (χ2v) is 6.27. The Bertz CT molecular complexity index is 569. The molecule has 2 unspecified atom stereocenters. The van der Waals surface area contributed by atoms with Crippen molar-refractivity contribution in [3.63, 3.8) is 0 Å². The van der Waals surface area contributed by atoms with Gasteiger partial charge in [-0.25, -0.2) is 8.78 Å². The van der Waals surface area contributed by atoms with Crippen molar-refractivity contribution in [3.05, 3.63) is 35.9 Å². The van der Waals surface area contributed by atoms with E-state index in [9.17, 15) is 18.4 Å². The van der Waals surface area contributed by atoms with Gasteiger partial charge in [-0.1, -0.05) is 30.3 Å². The van der Waals surface area contributed by atoms with Crippen LogP contribution in [-0.4, -0.2) is 41.8 Å². The zero-order valence-electron chi connectivity index (χ0n) is 13.7. The van der Waals surface area contributed by atoms with Crippen LogP contribution in [0.15, 0.2) is 30.3 Å². The quantitative estimate of drug-likeness (QED) is 0.830. The smallest absolute Gasteiger partial charge is 0.249 e. The van der Waals surface area contributed by atoms with E-state index in [2.05, 4.69) is 5.32 Å². The van der Waals surface area contributed by atoms with E-state index in [-0.39, 0.29) is 5.91 Å². The molecule has 3 N–H and O–H groups in total. The zero-order chi connectivity index (χ0) is 17.7. The molecule has 1 aliphatic heterocycles. The van der Waals surface area contributed by atoms with E-state index in [1.807, 2.05) is 0 Å². The summed E-state index contributed by atoms with van der Waals surface area (Å²) in [7, 11) is 0. The fraction of sp³-hybridized carbons (Fsp3) is 0.529. The normalized spacial score (nSPS) is 17.4. The molecule has 1 heterocycles. The van der Waals surface area contributed by atoms with Gasteiger partial charge in [0.1, 0.15) is 6.04 Å². The number of alkyl halides is 2. The minimum absolute atomic E-state index is 0.234. The van der Waals surface area contributed by atoms with Crippen LogP contribution in [0.5, 0.6) is 0 Å². The fourth-order valence-electron chi connectivity index (χ4n) is 2.78. The number of benzene rings is 1. The molecule has 1 aliphatic rings. The Morgan fingerprint density at radius 2 is 1.83 bits per heavy atom. The Labute approximate surface area is 140 Å². The van der Waals surface area contributed by atoms with Crippen molar-refractivity contribution in [2.24, 2.45) is 5.73 Å². The summed E-state index contributed by atoms with van der Waals surface area (Å²) in [5, 5.41) is 2.54. The first-order chi connectivity index (χ1) is 11.3. The third-order valence-corrected chi connectivity index (χ3v) is 4.00. The van der Waals surface area contributed by atoms with Crippen molar-refractivity contribution < 1.29 is 18.4 Å². The van der Waals surface area contributed by atoms with Crippen LogP contribution < -0.4 is 11.1 Å². The minimum Gasteiger partial charge on any atom is -0.341 e. The number of amides is 2. The summed E-state index contributed by atoms with van der Waals surface area (Å²) in [6.45, 7) is 1.98. The lowest BCUT2D eigenvalue weighted by Crippen LogP contribution is -2.48. The number of carbonyl (C=O) groups is 2. The van der Waals surface area contributed by atoms with Gasteiger partial charge in [-0.15, -0.1) is 0 Å². The van der Waals surface area contributed by atoms with Gasteiger partial charge in [0.15, 0.2) is 0 Å². The maximum absolute atomic E-state index is 13.1. The molecule has 1 fully saturated rings. The minimum atomic E-state index is -3.04. The molecule has 1 aromatic carbocycles. The van der Waals surface area contributed by atoms with Gasteiger partial charge in [0.2, 0.25) is 17.7 Å². The van der Waals surface area contributed by atoms with Crippen molar-refractivity contribution in [3.8, 4) is 0 Å². The molecule has 0 bridgehead atoms. The van der Waals surface area contributed by atoms with Gasteiger partial charge in [0.05, 0.1) is 6.04 Å². The van der Waals surface area contributed by atoms with Gasteiger partial charge in [-0.2, -0.15) is 0 Å². The van der Waals surface area contributed by atoms with E-state index in [4.69, 9.17) is 5.73 Å². The Morgan fingerprint density at radius 1 is 1.25 bits per heavy atom. The molecule has 0 saturated carbocycles. The van der Waals surface area contributed by atoms with Crippen LogP contribution >= 0.6 is 0 Å². The van der Waals surface area contributed by atoms with Crippen LogP contribution in [0.1, 0.15) is 37.8 Å². The van der Waals surface area contributed by atoms with Crippen molar-refractivity contribution >= 4 is 11.8 Å². The molecule has 0 aromatic heterocycles. The van der Waals surface area contributed by atoms with Crippen molar-refractivity contribution in [2.75, 3.05) is 13.1 Å². The lowest BCUT2D eigenvalue weighted by atomic mass is 10.0. The number of hydrogen-bond donors (Lipinski definition) is 2. The molecular formula is C17H23F2N3O2. The Kier molecular flexibility index (Phi) is 5.88. The Balaban J connectivity index is 2.14. The number of nitrogens with zero attached hydrogens (tertiary/aromatic N) is 1. The third-order valence-electron chi connectivity index (χ3n) is 4.00. The van der Waals surface area contributed by atoms with Crippen molar-refractivity contribution in [2.45, 2.75) is 44.2 Å². The molecular weight excluding hydrogens is 316 g/mol. The summed E-state index contributed by atoms with van der Waals surface area (Å²) < 4.78 is 26.1. The van der Waals surface area contributed by atoms with Crippen LogP contribution in [0, 0.1) is 0 Å². The molecule has 2 amide bonds. The van der Waals surface area contributed by atoms with E-state index < -0.39 is 30.3 Å². The summed E-state index contributed by atoms with van der Waals surface area (Å²) in [6, 6.07) is 6.47. The van der Waals surface area contributed by atoms with E-state index in [1.54, 1.807) is 35.2 Å². The summed E-state index contributed by atoms with van der Waals surface area (Å²) in [6.07, 6.45) is 1.07. The first-order valence-corrected chi connectivity index (χ1v) is 8.05. The Morgan fingerprint density at radius 3 is 2.38 bits per heavy atom. The lowest BCUT2D eigenvalue weighted by Gasteiger charge is -2.26. The van der Waals surface area contributed by atoms with Gasteiger partial charge in [-0.05, 0) is 25.3 Å². The molecule has 1 saturated heterocycles. The molecule has 5 nitrogen and oxygen atoms in total. The van der Waals surface area contributed by atoms with Crippen molar-refractivity contribution in [1.82, 2.24) is 10.2 Å². The van der Waals surface area contributed by atoms with Crippen LogP contribution in [0.2, 0.25) is 0 Å². The second-order valence-electron chi connectivity index (χ2n) is 6.27. The average molecular weight is 339 g/mol. The number of halogens is 2. The van der Waals surface area contributed by atoms with E-state index in [0.29, 0.717) is 25.6 Å². The van der Waals surface area contributed by atoms with Gasteiger partial charge in [0, 0.05) is 19.5 Å². The molecule has 0 aliphatic carbocycles. The first-order valence-electron chi connectivity index (χ1n) is 8.05. The third kappa shape index (κ3) is 4.99. The van der Waals surface area contributed by atoms with Gasteiger partial charge >= 0.3 is 0 Å². The number of rotatable bonds is 6. The SMILES string of the molecule is CC(F)(F)CC(N)C(=O)NC(C(=O)N1CCCC1)c1ccccc1. The van der Waals surface area contributed by atoms with Crippen LogP contribution in [0.3, 0.4) is 0 Å². The highest BCUT2D eigenvalue weighted by Gasteiger charge is 2.33. The number of carbonyl (C=O) groups excluding carboxylic acids is 2. The molecule has 24 heavy (non-hydrogen) atoms. The highest BCUT2D eigenvalue weighted by atomic mass is 19.3. The van der Waals surface area contributed by atoms with Crippen LogP contribution in [0.25, 0.3) is 0 Å². The standard InChI is InChI=1S/C17H23F2N3O2/c1-17(18,19)11-13(20)15(23)21-14(12-7-3-2-4-8-12)16(24)22-9-5-6-10-22/h2-4,7-8,13-14H,5-6,9-11,20H2,1H3,(H,21,23). The molecule has 0 spiro atoms. The summed E-state index contributed by atoms with van der Waals surface area (Å²) in [5.74, 6) is -4.03. The average Bonchev–Trinajstić information content (AvgIpc) is 3.05. The maximum Gasteiger partial charge on any atom is 0.249 e. The number of nitrogens with one attached hydrogen (secondary N) is 1. The molecule has 7 heteroatoms. The zero-order valence-corrected chi connectivity index (χ0v) is 13.7. The molecule has 132 valence electrons. The summed E-state index contributed by atoms with van der Waals surface area (Å²) in [5.41, 5.74) is 6.18. The number of nitrogens with two attached hydrogens (primary N) is 1. The fourth-order valence-corrected chi connectivity index (χ4v) is 2.78. The van der Waals surface area contributed by atoms with E-state index >= 15 is 0 Å². The molecule has 1 aromatic rings. The maximum atomic E-state index is 13.1. The van der Waals surface area contributed by atoms with Gasteiger partial charge < -0.3 is 16.0 Å². The highest BCUT2D eigenvalue weighted by molar-refractivity contribution is 5.90. The monoisotopic (exact) mass is 339 g/mol. The largest absolute Gasteiger partial charge is 0.341 e. The van der Waals surface area contributed by atoms with Crippen LogP contribution in [0.4, 0.5) is 8.78 Å². The van der Waals surface area contributed by atoms with Crippen molar-refractivity contribution in [1.29, 1.82) is 0 Å². The first kappa shape index (κ1) is 18.3. The summed E-state index contributed by atoms with van der Waals surface area (Å²) >= 11 is 0. The van der Waals surface area contributed by atoms with Gasteiger partial charge in [0.25, 0.3) is 0 Å².